The van der Waals surface area contributed by atoms with Crippen LogP contribution in [0, 0.1) is 12.7 Å². The van der Waals surface area contributed by atoms with Crippen molar-refractivity contribution in [2.45, 2.75) is 39.4 Å². The number of nitrogens with zero attached hydrogens (tertiary/aromatic N) is 4. The second kappa shape index (κ2) is 8.04. The lowest BCUT2D eigenvalue weighted by Crippen LogP contribution is -2.40. The Balaban J connectivity index is 2.28. The minimum atomic E-state index is -1.49. The number of benzene rings is 1. The summed E-state index contributed by atoms with van der Waals surface area (Å²) < 4.78 is 38.0. The molecule has 0 aliphatic carbocycles. The normalized spacial score (nSPS) is 17.1. The Morgan fingerprint density at radius 1 is 1.34 bits per heavy atom. The van der Waals surface area contributed by atoms with Crippen LogP contribution in [0.25, 0.3) is 10.9 Å². The zero-order valence-corrected chi connectivity index (χ0v) is 18.5. The van der Waals surface area contributed by atoms with Crippen molar-refractivity contribution in [1.29, 1.82) is 0 Å². The Kier molecular flexibility index (Phi) is 6.03. The predicted octanol–water partition coefficient (Wildman–Crippen LogP) is 2.49. The SMILES string of the molecule is CC(=N[S+]([O-])C(C)(C)C)c1cc(C)c(F)c2c(=O)n(C)c(N3CCOCC3)nc12. The number of ether oxygens (including phenoxy) is 1. The molecule has 3 rings (SSSR count). The third kappa shape index (κ3) is 4.17. The molecule has 1 saturated heterocycles. The molecule has 1 aliphatic heterocycles. The molecule has 9 heteroatoms. The summed E-state index contributed by atoms with van der Waals surface area (Å²) in [7, 11) is 1.59. The molecule has 7 nitrogen and oxygen atoms in total. The number of rotatable bonds is 3. The van der Waals surface area contributed by atoms with Crippen LogP contribution in [-0.2, 0) is 23.1 Å². The summed E-state index contributed by atoms with van der Waals surface area (Å²) in [6.07, 6.45) is 0. The second-order valence-corrected chi connectivity index (χ2v) is 10.1. The maximum absolute atomic E-state index is 14.9. The van der Waals surface area contributed by atoms with E-state index in [-0.39, 0.29) is 10.9 Å². The average Bonchev–Trinajstić information content (AvgIpc) is 2.66. The molecule has 1 aromatic carbocycles. The van der Waals surface area contributed by atoms with E-state index in [2.05, 4.69) is 9.38 Å². The Morgan fingerprint density at radius 3 is 2.55 bits per heavy atom. The molecule has 1 fully saturated rings. The first kappa shape index (κ1) is 21.7. The number of hydrogen-bond donors (Lipinski definition) is 0. The van der Waals surface area contributed by atoms with Gasteiger partial charge >= 0.3 is 0 Å². The van der Waals surface area contributed by atoms with Gasteiger partial charge in [-0.05, 0) is 46.2 Å². The maximum Gasteiger partial charge on any atom is 0.265 e. The Bertz CT molecular complexity index is 1020. The number of hydrogen-bond acceptors (Lipinski definition) is 6. The first-order valence-electron chi connectivity index (χ1n) is 9.52. The van der Waals surface area contributed by atoms with E-state index >= 15 is 0 Å². The summed E-state index contributed by atoms with van der Waals surface area (Å²) in [5.41, 5.74) is 1.08. The highest BCUT2D eigenvalue weighted by molar-refractivity contribution is 7.91. The fraction of sp³-hybridized carbons (Fsp3) is 0.550. The first-order valence-corrected chi connectivity index (χ1v) is 10.6. The molecule has 2 heterocycles. The molecule has 0 amide bonds. The predicted molar refractivity (Wildman–Crippen MR) is 115 cm³/mol. The van der Waals surface area contributed by atoms with E-state index in [4.69, 9.17) is 4.74 Å². The maximum atomic E-state index is 14.9. The van der Waals surface area contributed by atoms with Crippen LogP contribution in [-0.4, -0.2) is 50.9 Å². The highest BCUT2D eigenvalue weighted by atomic mass is 32.2. The molecule has 1 aromatic heterocycles. The van der Waals surface area contributed by atoms with Crippen molar-refractivity contribution in [2.75, 3.05) is 31.2 Å². The zero-order valence-electron chi connectivity index (χ0n) is 17.7. The summed E-state index contributed by atoms with van der Waals surface area (Å²) >= 11 is -1.49. The van der Waals surface area contributed by atoms with E-state index in [1.165, 1.54) is 4.57 Å². The lowest BCUT2D eigenvalue weighted by Gasteiger charge is -2.29. The topological polar surface area (TPSA) is 82.8 Å². The molecule has 2 aromatic rings. The van der Waals surface area contributed by atoms with Gasteiger partial charge in [-0.15, -0.1) is 0 Å². The van der Waals surface area contributed by atoms with Crippen molar-refractivity contribution in [2.24, 2.45) is 11.4 Å². The van der Waals surface area contributed by atoms with Crippen LogP contribution in [0.1, 0.15) is 38.8 Å². The Morgan fingerprint density at radius 2 is 1.97 bits per heavy atom. The molecule has 1 unspecified atom stereocenters. The van der Waals surface area contributed by atoms with E-state index in [9.17, 15) is 13.7 Å². The summed E-state index contributed by atoms with van der Waals surface area (Å²) in [5, 5.41) is -0.0735. The molecule has 0 spiro atoms. The van der Waals surface area contributed by atoms with Gasteiger partial charge in [-0.1, -0.05) is 4.40 Å². The summed E-state index contributed by atoms with van der Waals surface area (Å²) in [6.45, 7) is 11.1. The molecule has 0 bridgehead atoms. The van der Waals surface area contributed by atoms with Gasteiger partial charge in [0, 0.05) is 25.7 Å². The van der Waals surface area contributed by atoms with Crippen LogP contribution in [0.5, 0.6) is 0 Å². The van der Waals surface area contributed by atoms with Crippen molar-refractivity contribution in [3.63, 3.8) is 0 Å². The van der Waals surface area contributed by atoms with Gasteiger partial charge in [0.2, 0.25) is 5.95 Å². The van der Waals surface area contributed by atoms with Gasteiger partial charge < -0.3 is 14.2 Å². The van der Waals surface area contributed by atoms with Crippen molar-refractivity contribution < 1.29 is 13.7 Å². The van der Waals surface area contributed by atoms with Gasteiger partial charge in [-0.3, -0.25) is 9.36 Å². The van der Waals surface area contributed by atoms with Gasteiger partial charge in [0.25, 0.3) is 5.56 Å². The van der Waals surface area contributed by atoms with Crippen LogP contribution < -0.4 is 10.5 Å². The van der Waals surface area contributed by atoms with Crippen LogP contribution in [0.15, 0.2) is 15.3 Å². The zero-order chi connectivity index (χ0) is 21.5. The molecule has 0 N–H and O–H groups in total. The molecule has 1 aliphatic rings. The highest BCUT2D eigenvalue weighted by Crippen LogP contribution is 2.26. The van der Waals surface area contributed by atoms with Gasteiger partial charge in [-0.2, -0.15) is 0 Å². The standard InChI is InChI=1S/C20H27FN4O3S/c1-12-11-14(13(2)23-29(27)20(3,4)5)17-15(16(12)21)18(26)24(6)19(22-17)25-7-9-28-10-8-25/h11H,7-10H2,1-6H3. The van der Waals surface area contributed by atoms with Crippen molar-refractivity contribution in [3.05, 3.63) is 33.4 Å². The number of anilines is 1. The van der Waals surface area contributed by atoms with Crippen molar-refractivity contribution in [3.8, 4) is 0 Å². The van der Waals surface area contributed by atoms with Crippen molar-refractivity contribution in [1.82, 2.24) is 9.55 Å². The molecular weight excluding hydrogens is 395 g/mol. The third-order valence-corrected chi connectivity index (χ3v) is 6.36. The molecule has 158 valence electrons. The van der Waals surface area contributed by atoms with E-state index in [1.54, 1.807) is 27.0 Å². The number of halogens is 1. The van der Waals surface area contributed by atoms with Crippen LogP contribution in [0.2, 0.25) is 0 Å². The summed E-state index contributed by atoms with van der Waals surface area (Å²) in [6, 6.07) is 1.62. The minimum Gasteiger partial charge on any atom is -0.591 e. The molecular formula is C20H27FN4O3S. The largest absolute Gasteiger partial charge is 0.591 e. The number of fused-ring (bicyclic) bond motifs is 1. The van der Waals surface area contributed by atoms with Crippen LogP contribution >= 0.6 is 0 Å². The number of aromatic nitrogens is 2. The van der Waals surface area contributed by atoms with E-state index in [1.807, 2.05) is 25.7 Å². The third-order valence-electron chi connectivity index (χ3n) is 4.88. The Labute approximate surface area is 172 Å². The smallest absolute Gasteiger partial charge is 0.265 e. The molecule has 0 saturated carbocycles. The molecule has 29 heavy (non-hydrogen) atoms. The average molecular weight is 423 g/mol. The van der Waals surface area contributed by atoms with E-state index < -0.39 is 27.5 Å². The van der Waals surface area contributed by atoms with Gasteiger partial charge in [0.15, 0.2) is 0 Å². The minimum absolute atomic E-state index is 0.0735. The van der Waals surface area contributed by atoms with Gasteiger partial charge in [-0.25, -0.2) is 9.37 Å². The molecule has 0 radical (unpaired) electrons. The second-order valence-electron chi connectivity index (χ2n) is 8.19. The molecule has 1 atom stereocenters. The Hall–Kier alpha value is -1.97. The lowest BCUT2D eigenvalue weighted by atomic mass is 10.0. The first-order chi connectivity index (χ1) is 13.5. The monoisotopic (exact) mass is 422 g/mol. The number of morpholine rings is 1. The lowest BCUT2D eigenvalue weighted by molar-refractivity contribution is 0.121. The number of aryl methyl sites for hydroxylation is 1. The van der Waals surface area contributed by atoms with Crippen LogP contribution in [0.4, 0.5) is 10.3 Å². The fourth-order valence-corrected chi connectivity index (χ4v) is 3.78. The van der Waals surface area contributed by atoms with E-state index in [0.717, 1.165) is 0 Å². The van der Waals surface area contributed by atoms with Gasteiger partial charge in [0.05, 0.1) is 24.4 Å². The summed E-state index contributed by atoms with van der Waals surface area (Å²) in [5.74, 6) is -0.129. The van der Waals surface area contributed by atoms with Gasteiger partial charge in [0.1, 0.15) is 27.3 Å². The quantitative estimate of drug-likeness (QED) is 0.561. The van der Waals surface area contributed by atoms with Crippen molar-refractivity contribution >= 4 is 33.9 Å². The van der Waals surface area contributed by atoms with E-state index in [0.29, 0.717) is 49.1 Å². The van der Waals surface area contributed by atoms with Crippen LogP contribution in [0.3, 0.4) is 0 Å². The summed E-state index contributed by atoms with van der Waals surface area (Å²) in [4.78, 5) is 19.7. The highest BCUT2D eigenvalue weighted by Gasteiger charge is 2.28. The fourth-order valence-electron chi connectivity index (χ4n) is 3.16.